The second-order valence-corrected chi connectivity index (χ2v) is 4.73. The zero-order chi connectivity index (χ0) is 13.5. The minimum Gasteiger partial charge on any atom is -0.408 e. The first-order valence-electron chi connectivity index (χ1n) is 5.99. The summed E-state index contributed by atoms with van der Waals surface area (Å²) in [5.74, 6) is -0.829. The van der Waals surface area contributed by atoms with Crippen molar-refractivity contribution in [2.75, 3.05) is 5.32 Å². The van der Waals surface area contributed by atoms with Crippen molar-refractivity contribution in [2.45, 2.75) is 19.3 Å². The maximum Gasteiger partial charge on any atom is 0.417 e. The van der Waals surface area contributed by atoms with Gasteiger partial charge in [-0.05, 0) is 31.4 Å². The van der Waals surface area contributed by atoms with E-state index in [0.717, 1.165) is 6.42 Å². The van der Waals surface area contributed by atoms with Crippen LogP contribution in [-0.2, 0) is 4.79 Å². The highest BCUT2D eigenvalue weighted by Gasteiger charge is 2.44. The zero-order valence-electron chi connectivity index (χ0n) is 10.0. The molecule has 1 aliphatic rings. The molecule has 0 atom stereocenters. The quantitative estimate of drug-likeness (QED) is 0.856. The minimum atomic E-state index is -0.895. The van der Waals surface area contributed by atoms with Crippen LogP contribution in [0, 0.1) is 16.7 Å². The molecule has 1 aromatic heterocycles. The lowest BCUT2D eigenvalue weighted by Gasteiger charge is -2.33. The van der Waals surface area contributed by atoms with Crippen LogP contribution in [0.25, 0.3) is 11.1 Å². The number of H-pyrrole nitrogens is 1. The van der Waals surface area contributed by atoms with Gasteiger partial charge in [0.1, 0.15) is 5.41 Å². The van der Waals surface area contributed by atoms with E-state index in [1.54, 1.807) is 18.2 Å². The summed E-state index contributed by atoms with van der Waals surface area (Å²) >= 11 is 0. The third-order valence-electron chi connectivity index (χ3n) is 3.53. The molecule has 0 radical (unpaired) electrons. The molecule has 3 rings (SSSR count). The lowest BCUT2D eigenvalue weighted by atomic mass is 9.69. The van der Waals surface area contributed by atoms with Crippen LogP contribution in [-0.4, -0.2) is 10.9 Å². The Morgan fingerprint density at radius 3 is 2.89 bits per heavy atom. The highest BCUT2D eigenvalue weighted by atomic mass is 16.4. The Labute approximate surface area is 108 Å². The molecule has 0 aliphatic heterocycles. The molecule has 1 aromatic carbocycles. The smallest absolute Gasteiger partial charge is 0.408 e. The summed E-state index contributed by atoms with van der Waals surface area (Å²) in [5, 5.41) is 11.8. The third-order valence-corrected chi connectivity index (χ3v) is 3.53. The van der Waals surface area contributed by atoms with Crippen molar-refractivity contribution in [3.8, 4) is 6.07 Å². The van der Waals surface area contributed by atoms with Crippen molar-refractivity contribution in [3.05, 3.63) is 28.7 Å². The standard InChI is InChI=1S/C13H11N3O3/c14-7-13(4-1-5-13)11(17)15-8-2-3-9-10(6-8)19-12(18)16-9/h2-3,6H,1,4-5H2,(H,15,17)(H,16,18). The van der Waals surface area contributed by atoms with Gasteiger partial charge in [-0.1, -0.05) is 0 Å². The monoisotopic (exact) mass is 257 g/mol. The van der Waals surface area contributed by atoms with Crippen molar-refractivity contribution >= 4 is 22.7 Å². The number of carbonyl (C=O) groups excluding carboxylic acids is 1. The minimum absolute atomic E-state index is 0.293. The average molecular weight is 257 g/mol. The van der Waals surface area contributed by atoms with Gasteiger partial charge >= 0.3 is 5.76 Å². The topological polar surface area (TPSA) is 98.9 Å². The molecule has 1 fully saturated rings. The Morgan fingerprint density at radius 2 is 2.26 bits per heavy atom. The van der Waals surface area contributed by atoms with Crippen molar-refractivity contribution in [1.82, 2.24) is 4.98 Å². The fourth-order valence-corrected chi connectivity index (χ4v) is 2.19. The van der Waals surface area contributed by atoms with E-state index in [2.05, 4.69) is 16.4 Å². The molecule has 1 heterocycles. The van der Waals surface area contributed by atoms with E-state index in [9.17, 15) is 9.59 Å². The van der Waals surface area contributed by atoms with Crippen molar-refractivity contribution in [2.24, 2.45) is 5.41 Å². The molecule has 2 aromatic rings. The lowest BCUT2D eigenvalue weighted by Crippen LogP contribution is -2.40. The summed E-state index contributed by atoms with van der Waals surface area (Å²) in [7, 11) is 0. The van der Waals surface area contributed by atoms with E-state index in [4.69, 9.17) is 9.68 Å². The van der Waals surface area contributed by atoms with Gasteiger partial charge in [0.25, 0.3) is 0 Å². The highest BCUT2D eigenvalue weighted by Crippen LogP contribution is 2.41. The summed E-state index contributed by atoms with van der Waals surface area (Å²) in [5.41, 5.74) is 0.569. The van der Waals surface area contributed by atoms with Gasteiger partial charge in [-0.25, -0.2) is 4.79 Å². The van der Waals surface area contributed by atoms with Gasteiger partial charge in [0.05, 0.1) is 11.6 Å². The predicted octanol–water partition coefficient (Wildman–Crippen LogP) is 1.75. The Morgan fingerprint density at radius 1 is 1.47 bits per heavy atom. The highest BCUT2D eigenvalue weighted by molar-refractivity contribution is 5.98. The van der Waals surface area contributed by atoms with Crippen LogP contribution >= 0.6 is 0 Å². The number of aromatic amines is 1. The molecular weight excluding hydrogens is 246 g/mol. The molecule has 19 heavy (non-hydrogen) atoms. The molecule has 1 aliphatic carbocycles. The van der Waals surface area contributed by atoms with Gasteiger partial charge in [0.15, 0.2) is 5.58 Å². The van der Waals surface area contributed by atoms with E-state index in [1.165, 1.54) is 0 Å². The maximum atomic E-state index is 12.1. The number of amides is 1. The number of nitrogens with one attached hydrogen (secondary N) is 2. The van der Waals surface area contributed by atoms with Crippen LogP contribution in [0.4, 0.5) is 5.69 Å². The van der Waals surface area contributed by atoms with Gasteiger partial charge in [0, 0.05) is 11.8 Å². The molecule has 0 spiro atoms. The lowest BCUT2D eigenvalue weighted by molar-refractivity contribution is -0.126. The number of oxazole rings is 1. The van der Waals surface area contributed by atoms with Crippen LogP contribution in [0.3, 0.4) is 0 Å². The Balaban J connectivity index is 1.87. The molecule has 1 amide bonds. The van der Waals surface area contributed by atoms with Crippen LogP contribution in [0.2, 0.25) is 0 Å². The number of rotatable bonds is 2. The van der Waals surface area contributed by atoms with Crippen LogP contribution in [0.15, 0.2) is 27.4 Å². The molecule has 2 N–H and O–H groups in total. The first-order valence-corrected chi connectivity index (χ1v) is 5.99. The number of nitrogens with zero attached hydrogens (tertiary/aromatic N) is 1. The predicted molar refractivity (Wildman–Crippen MR) is 67.4 cm³/mol. The van der Waals surface area contributed by atoms with Gasteiger partial charge < -0.3 is 9.73 Å². The molecule has 1 saturated carbocycles. The molecule has 0 unspecified atom stereocenters. The number of aromatic nitrogens is 1. The Kier molecular flexibility index (Phi) is 2.42. The van der Waals surface area contributed by atoms with Gasteiger partial charge in [0.2, 0.25) is 5.91 Å². The summed E-state index contributed by atoms with van der Waals surface area (Å²) < 4.78 is 4.91. The average Bonchev–Trinajstić information content (AvgIpc) is 2.67. The van der Waals surface area contributed by atoms with Crippen molar-refractivity contribution in [1.29, 1.82) is 5.26 Å². The summed E-state index contributed by atoms with van der Waals surface area (Å²) in [6.45, 7) is 0. The second-order valence-electron chi connectivity index (χ2n) is 4.73. The van der Waals surface area contributed by atoms with E-state index in [0.29, 0.717) is 29.6 Å². The summed E-state index contributed by atoms with van der Waals surface area (Å²) in [6, 6.07) is 6.96. The van der Waals surface area contributed by atoms with Gasteiger partial charge in [-0.3, -0.25) is 9.78 Å². The van der Waals surface area contributed by atoms with E-state index in [1.807, 2.05) is 0 Å². The Bertz CT molecular complexity index is 746. The number of hydrogen-bond acceptors (Lipinski definition) is 4. The van der Waals surface area contributed by atoms with Crippen LogP contribution < -0.4 is 11.1 Å². The SMILES string of the molecule is N#CC1(C(=O)Nc2ccc3[nH]c(=O)oc3c2)CCC1. The largest absolute Gasteiger partial charge is 0.417 e. The Hall–Kier alpha value is -2.55. The van der Waals surface area contributed by atoms with Gasteiger partial charge in [-0.2, -0.15) is 5.26 Å². The molecule has 0 bridgehead atoms. The van der Waals surface area contributed by atoms with Crippen LogP contribution in [0.5, 0.6) is 0 Å². The number of benzene rings is 1. The number of carbonyl (C=O) groups is 1. The molecule has 6 heteroatoms. The molecular formula is C13H11N3O3. The number of nitriles is 1. The fourth-order valence-electron chi connectivity index (χ4n) is 2.19. The van der Waals surface area contributed by atoms with Crippen LogP contribution in [0.1, 0.15) is 19.3 Å². The summed E-state index contributed by atoms with van der Waals surface area (Å²) in [4.78, 5) is 25.6. The first-order chi connectivity index (χ1) is 9.13. The third kappa shape index (κ3) is 1.80. The maximum absolute atomic E-state index is 12.1. The zero-order valence-corrected chi connectivity index (χ0v) is 10.0. The molecule has 96 valence electrons. The second kappa shape index (κ2) is 3.99. The fraction of sp³-hybridized carbons (Fsp3) is 0.308. The number of anilines is 1. The van der Waals surface area contributed by atoms with E-state index >= 15 is 0 Å². The van der Waals surface area contributed by atoms with Gasteiger partial charge in [-0.15, -0.1) is 0 Å². The summed E-state index contributed by atoms with van der Waals surface area (Å²) in [6.07, 6.45) is 2.08. The van der Waals surface area contributed by atoms with E-state index < -0.39 is 11.2 Å². The van der Waals surface area contributed by atoms with Crippen molar-refractivity contribution < 1.29 is 9.21 Å². The number of hydrogen-bond donors (Lipinski definition) is 2. The van der Waals surface area contributed by atoms with Crippen molar-refractivity contribution in [3.63, 3.8) is 0 Å². The first kappa shape index (κ1) is 11.5. The van der Waals surface area contributed by atoms with E-state index in [-0.39, 0.29) is 5.91 Å². The molecule has 0 saturated heterocycles. The number of fused-ring (bicyclic) bond motifs is 1. The molecule has 6 nitrogen and oxygen atoms in total. The normalized spacial score (nSPS) is 16.6.